The largest absolute Gasteiger partial charge is 0.481 e. The van der Waals surface area contributed by atoms with Gasteiger partial charge < -0.3 is 5.11 Å². The van der Waals surface area contributed by atoms with Crippen LogP contribution in [0.2, 0.25) is 0 Å². The molecular formula is C12H13NO5S. The molecule has 0 amide bonds. The molecule has 0 aliphatic heterocycles. The molecular weight excluding hydrogens is 270 g/mol. The average molecular weight is 283 g/mol. The van der Waals surface area contributed by atoms with E-state index < -0.39 is 16.8 Å². The molecule has 7 heteroatoms. The smallest absolute Gasteiger partial charge is 0.311 e. The number of nitro benzene ring substituents is 1. The highest BCUT2D eigenvalue weighted by Crippen LogP contribution is 2.24. The summed E-state index contributed by atoms with van der Waals surface area (Å²) in [5.41, 5.74) is 0.424. The molecule has 0 saturated carbocycles. The lowest BCUT2D eigenvalue weighted by atomic mass is 9.96. The molecule has 0 saturated heterocycles. The van der Waals surface area contributed by atoms with E-state index >= 15 is 0 Å². The first-order chi connectivity index (χ1) is 8.91. The SMILES string of the molecule is CC(=O)SCCC(C(=O)O)c1ccc([N+](=O)[O-])cc1. The minimum atomic E-state index is -1.00. The summed E-state index contributed by atoms with van der Waals surface area (Å²) in [6, 6.07) is 5.44. The van der Waals surface area contributed by atoms with Crippen molar-refractivity contribution in [3.8, 4) is 0 Å². The number of nitrogens with zero attached hydrogens (tertiary/aromatic N) is 1. The summed E-state index contributed by atoms with van der Waals surface area (Å²) in [5, 5.41) is 19.6. The monoisotopic (exact) mass is 283 g/mol. The highest BCUT2D eigenvalue weighted by Gasteiger charge is 2.20. The number of rotatable bonds is 6. The summed E-state index contributed by atoms with van der Waals surface area (Å²) in [4.78, 5) is 31.9. The summed E-state index contributed by atoms with van der Waals surface area (Å²) in [6.07, 6.45) is 0.303. The minimum Gasteiger partial charge on any atom is -0.481 e. The summed E-state index contributed by atoms with van der Waals surface area (Å²) in [5.74, 6) is -1.35. The average Bonchev–Trinajstić information content (AvgIpc) is 2.34. The van der Waals surface area contributed by atoms with E-state index in [9.17, 15) is 19.7 Å². The molecule has 0 spiro atoms. The number of nitro groups is 1. The van der Waals surface area contributed by atoms with Crippen molar-refractivity contribution in [2.45, 2.75) is 19.3 Å². The predicted octanol–water partition coefficient (Wildman–Crippen LogP) is 2.43. The zero-order valence-electron chi connectivity index (χ0n) is 10.2. The number of hydrogen-bond acceptors (Lipinski definition) is 5. The third-order valence-electron chi connectivity index (χ3n) is 2.52. The van der Waals surface area contributed by atoms with E-state index in [1.807, 2.05) is 0 Å². The molecule has 102 valence electrons. The lowest BCUT2D eigenvalue weighted by Gasteiger charge is -2.11. The lowest BCUT2D eigenvalue weighted by molar-refractivity contribution is -0.384. The second kappa shape index (κ2) is 6.89. The summed E-state index contributed by atoms with van der Waals surface area (Å²) < 4.78 is 0. The van der Waals surface area contributed by atoms with E-state index in [-0.39, 0.29) is 10.8 Å². The van der Waals surface area contributed by atoms with Crippen molar-refractivity contribution in [1.29, 1.82) is 0 Å². The molecule has 6 nitrogen and oxygen atoms in total. The Morgan fingerprint density at radius 2 is 1.95 bits per heavy atom. The molecule has 1 rings (SSSR count). The molecule has 0 bridgehead atoms. The Morgan fingerprint density at radius 3 is 2.37 bits per heavy atom. The van der Waals surface area contributed by atoms with Gasteiger partial charge in [-0.05, 0) is 12.0 Å². The molecule has 0 aliphatic rings. The quantitative estimate of drug-likeness (QED) is 0.636. The maximum atomic E-state index is 11.2. The van der Waals surface area contributed by atoms with Crippen LogP contribution in [0.3, 0.4) is 0 Å². The second-order valence-corrected chi connectivity index (χ2v) is 5.14. The standard InChI is InChI=1S/C12H13NO5S/c1-8(14)19-7-6-11(12(15)16)9-2-4-10(5-3-9)13(17)18/h2-5,11H,6-7H2,1H3,(H,15,16). The number of thioether (sulfide) groups is 1. The van der Waals surface area contributed by atoms with Crippen LogP contribution in [-0.2, 0) is 9.59 Å². The van der Waals surface area contributed by atoms with Gasteiger partial charge in [-0.15, -0.1) is 0 Å². The number of non-ortho nitro benzene ring substituents is 1. The first-order valence-electron chi connectivity index (χ1n) is 5.52. The van der Waals surface area contributed by atoms with E-state index in [0.29, 0.717) is 17.7 Å². The van der Waals surface area contributed by atoms with Crippen LogP contribution in [0.5, 0.6) is 0 Å². The summed E-state index contributed by atoms with van der Waals surface area (Å²) in [6.45, 7) is 1.42. The minimum absolute atomic E-state index is 0.0622. The fraction of sp³-hybridized carbons (Fsp3) is 0.333. The van der Waals surface area contributed by atoms with Gasteiger partial charge in [0.2, 0.25) is 0 Å². The van der Waals surface area contributed by atoms with Gasteiger partial charge in [0.15, 0.2) is 5.12 Å². The molecule has 1 N–H and O–H groups in total. The molecule has 1 aromatic carbocycles. The lowest BCUT2D eigenvalue weighted by Crippen LogP contribution is -2.13. The highest BCUT2D eigenvalue weighted by molar-refractivity contribution is 8.13. The predicted molar refractivity (Wildman–Crippen MR) is 71.2 cm³/mol. The fourth-order valence-electron chi connectivity index (χ4n) is 1.58. The third-order valence-corrected chi connectivity index (χ3v) is 3.36. The van der Waals surface area contributed by atoms with Gasteiger partial charge in [-0.3, -0.25) is 19.7 Å². The molecule has 0 heterocycles. The highest BCUT2D eigenvalue weighted by atomic mass is 32.2. The first-order valence-corrected chi connectivity index (χ1v) is 6.51. The molecule has 1 unspecified atom stereocenters. The molecule has 19 heavy (non-hydrogen) atoms. The fourth-order valence-corrected chi connectivity index (χ4v) is 2.22. The zero-order chi connectivity index (χ0) is 14.4. The summed E-state index contributed by atoms with van der Waals surface area (Å²) >= 11 is 1.07. The molecule has 1 atom stereocenters. The van der Waals surface area contributed by atoms with Gasteiger partial charge in [0.05, 0.1) is 10.8 Å². The van der Waals surface area contributed by atoms with Gasteiger partial charge >= 0.3 is 5.97 Å². The number of carboxylic acid groups (broad SMARTS) is 1. The molecule has 0 aliphatic carbocycles. The van der Waals surface area contributed by atoms with Gasteiger partial charge in [0.1, 0.15) is 0 Å². The van der Waals surface area contributed by atoms with Gasteiger partial charge in [-0.1, -0.05) is 23.9 Å². The number of carboxylic acids is 1. The maximum Gasteiger partial charge on any atom is 0.311 e. The van der Waals surface area contributed by atoms with Crippen LogP contribution >= 0.6 is 11.8 Å². The van der Waals surface area contributed by atoms with Crippen LogP contribution < -0.4 is 0 Å². The van der Waals surface area contributed by atoms with Crippen molar-refractivity contribution in [3.05, 3.63) is 39.9 Å². The van der Waals surface area contributed by atoms with E-state index in [2.05, 4.69) is 0 Å². The van der Waals surface area contributed by atoms with Gasteiger partial charge in [-0.2, -0.15) is 0 Å². The van der Waals surface area contributed by atoms with E-state index in [1.165, 1.54) is 31.2 Å². The van der Waals surface area contributed by atoms with E-state index in [4.69, 9.17) is 5.11 Å². The third kappa shape index (κ3) is 4.70. The van der Waals surface area contributed by atoms with Crippen molar-refractivity contribution in [2.24, 2.45) is 0 Å². The van der Waals surface area contributed by atoms with Crippen LogP contribution in [-0.4, -0.2) is 26.9 Å². The maximum absolute atomic E-state index is 11.2. The second-order valence-electron chi connectivity index (χ2n) is 3.87. The molecule has 1 aromatic rings. The number of carbonyl (C=O) groups is 2. The molecule has 0 fully saturated rings. The van der Waals surface area contributed by atoms with Crippen molar-refractivity contribution in [3.63, 3.8) is 0 Å². The van der Waals surface area contributed by atoms with Crippen LogP contribution in [0.15, 0.2) is 24.3 Å². The van der Waals surface area contributed by atoms with Crippen LogP contribution in [0.25, 0.3) is 0 Å². The van der Waals surface area contributed by atoms with Crippen LogP contribution in [0.4, 0.5) is 5.69 Å². The molecule has 0 aromatic heterocycles. The Balaban J connectivity index is 2.78. The van der Waals surface area contributed by atoms with Crippen molar-refractivity contribution in [1.82, 2.24) is 0 Å². The Hall–Kier alpha value is -1.89. The van der Waals surface area contributed by atoms with E-state index in [0.717, 1.165) is 11.8 Å². The van der Waals surface area contributed by atoms with E-state index in [1.54, 1.807) is 0 Å². The Kier molecular flexibility index (Phi) is 5.50. The van der Waals surface area contributed by atoms with Gasteiger partial charge in [0, 0.05) is 24.8 Å². The van der Waals surface area contributed by atoms with Crippen molar-refractivity contribution >= 4 is 28.5 Å². The number of carbonyl (C=O) groups excluding carboxylic acids is 1. The Labute approximate surface area is 114 Å². The Morgan fingerprint density at radius 1 is 1.37 bits per heavy atom. The van der Waals surface area contributed by atoms with Crippen LogP contribution in [0.1, 0.15) is 24.8 Å². The Bertz CT molecular complexity index is 485. The number of benzene rings is 1. The van der Waals surface area contributed by atoms with Gasteiger partial charge in [0.25, 0.3) is 5.69 Å². The number of aliphatic carboxylic acids is 1. The topological polar surface area (TPSA) is 97.5 Å². The first kappa shape index (κ1) is 15.2. The van der Waals surface area contributed by atoms with Crippen molar-refractivity contribution < 1.29 is 19.6 Å². The zero-order valence-corrected chi connectivity index (χ0v) is 11.1. The van der Waals surface area contributed by atoms with Gasteiger partial charge in [-0.25, -0.2) is 0 Å². The molecule has 0 radical (unpaired) electrons. The van der Waals surface area contributed by atoms with Crippen molar-refractivity contribution in [2.75, 3.05) is 5.75 Å². The van der Waals surface area contributed by atoms with Crippen LogP contribution in [0, 0.1) is 10.1 Å². The normalized spacial score (nSPS) is 11.8. The number of hydrogen-bond donors (Lipinski definition) is 1. The summed E-state index contributed by atoms with van der Waals surface area (Å²) in [7, 11) is 0.